The molecule has 8 heteroatoms. The summed E-state index contributed by atoms with van der Waals surface area (Å²) in [7, 11) is 1.75. The maximum atomic E-state index is 12.0. The highest BCUT2D eigenvalue weighted by Gasteiger charge is 2.13. The van der Waals surface area contributed by atoms with E-state index in [1.54, 1.807) is 7.05 Å². The van der Waals surface area contributed by atoms with Crippen LogP contribution in [0, 0.1) is 5.92 Å². The molecule has 3 N–H and O–H groups in total. The molecule has 0 aromatic heterocycles. The number of guanidine groups is 1. The second-order valence-electron chi connectivity index (χ2n) is 7.64. The Bertz CT molecular complexity index is 902. The Labute approximate surface area is 201 Å². The van der Waals surface area contributed by atoms with Gasteiger partial charge in [-0.2, -0.15) is 0 Å². The van der Waals surface area contributed by atoms with E-state index >= 15 is 0 Å². The number of carbonyl (C=O) groups excluding carboxylic acids is 1. The van der Waals surface area contributed by atoms with E-state index in [1.165, 1.54) is 5.56 Å². The number of nitrogens with zero attached hydrogens (tertiary/aromatic N) is 1. The van der Waals surface area contributed by atoms with Crippen LogP contribution in [-0.4, -0.2) is 32.3 Å². The molecular weight excluding hydrogens is 507 g/mol. The first kappa shape index (κ1) is 24.8. The number of rotatable bonds is 8. The molecule has 0 saturated heterocycles. The van der Waals surface area contributed by atoms with Crippen molar-refractivity contribution >= 4 is 41.5 Å². The second-order valence-corrected chi connectivity index (χ2v) is 7.64. The van der Waals surface area contributed by atoms with E-state index in [0.29, 0.717) is 18.9 Å². The van der Waals surface area contributed by atoms with Crippen LogP contribution in [0.1, 0.15) is 31.4 Å². The molecule has 0 bridgehead atoms. The van der Waals surface area contributed by atoms with Gasteiger partial charge in [0.2, 0.25) is 12.7 Å². The van der Waals surface area contributed by atoms with Gasteiger partial charge >= 0.3 is 0 Å². The molecule has 0 atom stereocenters. The topological polar surface area (TPSA) is 84.0 Å². The summed E-state index contributed by atoms with van der Waals surface area (Å²) in [6.45, 7) is 5.70. The summed E-state index contributed by atoms with van der Waals surface area (Å²) in [4.78, 5) is 16.2. The smallest absolute Gasteiger partial charge is 0.231 e. The second kappa shape index (κ2) is 12.4. The van der Waals surface area contributed by atoms with Crippen molar-refractivity contribution in [1.82, 2.24) is 10.6 Å². The van der Waals surface area contributed by atoms with Gasteiger partial charge in [0.25, 0.3) is 0 Å². The molecule has 2 aromatic carbocycles. The third kappa shape index (κ3) is 7.93. The Balaban J connectivity index is 0.00000341. The number of halogens is 1. The third-order valence-electron chi connectivity index (χ3n) is 4.63. The molecule has 1 aliphatic rings. The van der Waals surface area contributed by atoms with Crippen molar-refractivity contribution in [2.45, 2.75) is 33.2 Å². The van der Waals surface area contributed by atoms with Gasteiger partial charge in [-0.05, 0) is 47.7 Å². The summed E-state index contributed by atoms with van der Waals surface area (Å²) < 4.78 is 10.8. The molecule has 0 spiro atoms. The number of nitrogens with one attached hydrogen (secondary N) is 3. The summed E-state index contributed by atoms with van der Waals surface area (Å²) in [6.07, 6.45) is 1.36. The number of anilines is 1. The molecule has 168 valence electrons. The summed E-state index contributed by atoms with van der Waals surface area (Å²) in [6, 6.07) is 13.8. The SMILES string of the molecule is CN=C(NCCc1ccc2c(c1)OCO2)NCc1cccc(NC(=O)CC(C)C)c1.I. The summed E-state index contributed by atoms with van der Waals surface area (Å²) in [5, 5.41) is 9.58. The van der Waals surface area contributed by atoms with Crippen LogP contribution >= 0.6 is 24.0 Å². The Morgan fingerprint density at radius 1 is 1.06 bits per heavy atom. The summed E-state index contributed by atoms with van der Waals surface area (Å²) >= 11 is 0. The molecule has 1 aliphatic heterocycles. The fourth-order valence-electron chi connectivity index (χ4n) is 3.17. The standard InChI is InChI=1S/C23H30N4O3.HI/c1-16(2)11-22(28)27-19-6-4-5-18(12-19)14-26-23(24-3)25-10-9-17-7-8-20-21(13-17)30-15-29-20;/h4-8,12-13,16H,9-11,14-15H2,1-3H3,(H,27,28)(H2,24,25,26);1H. The molecule has 31 heavy (non-hydrogen) atoms. The van der Waals surface area contributed by atoms with Crippen LogP contribution in [0.3, 0.4) is 0 Å². The first-order chi connectivity index (χ1) is 14.5. The molecule has 0 radical (unpaired) electrons. The van der Waals surface area contributed by atoms with E-state index in [1.807, 2.05) is 56.3 Å². The highest BCUT2D eigenvalue weighted by atomic mass is 127. The first-order valence-corrected chi connectivity index (χ1v) is 10.3. The van der Waals surface area contributed by atoms with Crippen LogP contribution in [0.2, 0.25) is 0 Å². The fourth-order valence-corrected chi connectivity index (χ4v) is 3.17. The third-order valence-corrected chi connectivity index (χ3v) is 4.63. The number of carbonyl (C=O) groups is 1. The van der Waals surface area contributed by atoms with Crippen molar-refractivity contribution in [2.24, 2.45) is 10.9 Å². The van der Waals surface area contributed by atoms with Crippen molar-refractivity contribution in [3.63, 3.8) is 0 Å². The molecule has 3 rings (SSSR count). The predicted molar refractivity (Wildman–Crippen MR) is 134 cm³/mol. The number of hydrogen-bond acceptors (Lipinski definition) is 4. The van der Waals surface area contributed by atoms with E-state index in [4.69, 9.17) is 9.47 Å². The van der Waals surface area contributed by atoms with E-state index in [9.17, 15) is 4.79 Å². The van der Waals surface area contributed by atoms with Gasteiger partial charge in [-0.15, -0.1) is 24.0 Å². The van der Waals surface area contributed by atoms with Crippen molar-refractivity contribution in [3.8, 4) is 11.5 Å². The van der Waals surface area contributed by atoms with Crippen molar-refractivity contribution < 1.29 is 14.3 Å². The number of ether oxygens (including phenoxy) is 2. The quantitative estimate of drug-likeness (QED) is 0.270. The minimum atomic E-state index is 0. The van der Waals surface area contributed by atoms with Gasteiger partial charge in [-0.1, -0.05) is 32.0 Å². The molecule has 0 fully saturated rings. The average Bonchev–Trinajstić information content (AvgIpc) is 3.18. The summed E-state index contributed by atoms with van der Waals surface area (Å²) in [5.74, 6) is 2.70. The van der Waals surface area contributed by atoms with Crippen LogP contribution in [0.15, 0.2) is 47.5 Å². The van der Waals surface area contributed by atoms with Gasteiger partial charge in [0.15, 0.2) is 17.5 Å². The zero-order valence-corrected chi connectivity index (χ0v) is 20.6. The number of fused-ring (bicyclic) bond motifs is 1. The van der Waals surface area contributed by atoms with Crippen molar-refractivity contribution in [3.05, 3.63) is 53.6 Å². The predicted octanol–water partition coefficient (Wildman–Crippen LogP) is 3.93. The minimum absolute atomic E-state index is 0. The average molecular weight is 538 g/mol. The maximum absolute atomic E-state index is 12.0. The molecule has 0 saturated carbocycles. The van der Waals surface area contributed by atoms with E-state index < -0.39 is 0 Å². The highest BCUT2D eigenvalue weighted by molar-refractivity contribution is 14.0. The Morgan fingerprint density at radius 2 is 1.87 bits per heavy atom. The fraction of sp³-hybridized carbons (Fsp3) is 0.391. The Kier molecular flexibility index (Phi) is 9.90. The monoisotopic (exact) mass is 538 g/mol. The lowest BCUT2D eigenvalue weighted by atomic mass is 10.1. The molecule has 0 unspecified atom stereocenters. The van der Waals surface area contributed by atoms with Crippen LogP contribution in [0.25, 0.3) is 0 Å². The van der Waals surface area contributed by atoms with Crippen molar-refractivity contribution in [2.75, 3.05) is 25.7 Å². The van der Waals surface area contributed by atoms with Crippen LogP contribution < -0.4 is 25.4 Å². The molecule has 1 amide bonds. The molecule has 2 aromatic rings. The Hall–Kier alpha value is -2.49. The normalized spacial score (nSPS) is 12.3. The largest absolute Gasteiger partial charge is 0.454 e. The van der Waals surface area contributed by atoms with E-state index in [-0.39, 0.29) is 36.7 Å². The molecular formula is C23H31IN4O3. The lowest BCUT2D eigenvalue weighted by molar-refractivity contribution is -0.116. The lowest BCUT2D eigenvalue weighted by Gasteiger charge is -2.13. The van der Waals surface area contributed by atoms with Crippen LogP contribution in [0.4, 0.5) is 5.69 Å². The number of aliphatic imine (C=N–C) groups is 1. The van der Waals surface area contributed by atoms with Gasteiger partial charge < -0.3 is 25.4 Å². The highest BCUT2D eigenvalue weighted by Crippen LogP contribution is 2.32. The molecule has 0 aliphatic carbocycles. The number of benzene rings is 2. The van der Waals surface area contributed by atoms with Crippen LogP contribution in [0.5, 0.6) is 11.5 Å². The van der Waals surface area contributed by atoms with Crippen LogP contribution in [-0.2, 0) is 17.8 Å². The van der Waals surface area contributed by atoms with E-state index in [0.717, 1.165) is 41.7 Å². The maximum Gasteiger partial charge on any atom is 0.231 e. The Morgan fingerprint density at radius 3 is 2.65 bits per heavy atom. The molecule has 7 nitrogen and oxygen atoms in total. The van der Waals surface area contributed by atoms with Gasteiger partial charge in [0.1, 0.15) is 0 Å². The van der Waals surface area contributed by atoms with Gasteiger partial charge in [0, 0.05) is 32.2 Å². The molecule has 1 heterocycles. The zero-order chi connectivity index (χ0) is 21.3. The minimum Gasteiger partial charge on any atom is -0.454 e. The van der Waals surface area contributed by atoms with E-state index in [2.05, 4.69) is 20.9 Å². The van der Waals surface area contributed by atoms with Crippen molar-refractivity contribution in [1.29, 1.82) is 0 Å². The van der Waals surface area contributed by atoms with Gasteiger partial charge in [0.05, 0.1) is 0 Å². The number of amides is 1. The lowest BCUT2D eigenvalue weighted by Crippen LogP contribution is -2.37. The number of hydrogen-bond donors (Lipinski definition) is 3. The first-order valence-electron chi connectivity index (χ1n) is 10.3. The van der Waals surface area contributed by atoms with Gasteiger partial charge in [-0.3, -0.25) is 9.79 Å². The zero-order valence-electron chi connectivity index (χ0n) is 18.2. The van der Waals surface area contributed by atoms with Gasteiger partial charge in [-0.25, -0.2) is 0 Å². The summed E-state index contributed by atoms with van der Waals surface area (Å²) in [5.41, 5.74) is 3.05.